The van der Waals surface area contributed by atoms with Crippen LogP contribution in [0.15, 0.2) is 194 Å². The zero-order valence-electron chi connectivity index (χ0n) is 31.5. The minimum Gasteiger partial charge on any atom is -0.355 e. The van der Waals surface area contributed by atoms with Crippen LogP contribution in [0.3, 0.4) is 0 Å². The van der Waals surface area contributed by atoms with Gasteiger partial charge in [-0.1, -0.05) is 164 Å². The van der Waals surface area contributed by atoms with Crippen LogP contribution in [0.4, 0.5) is 0 Å². The van der Waals surface area contributed by atoms with Gasteiger partial charge >= 0.3 is 0 Å². The molecule has 0 spiro atoms. The Morgan fingerprint density at radius 2 is 0.931 bits per heavy atom. The van der Waals surface area contributed by atoms with Gasteiger partial charge in [0.2, 0.25) is 0 Å². The van der Waals surface area contributed by atoms with E-state index in [0.717, 1.165) is 100 Å². The fourth-order valence-corrected chi connectivity index (χ4v) is 8.59. The molecule has 3 aromatic heterocycles. The number of benzene rings is 6. The minimum atomic E-state index is 0.872. The summed E-state index contributed by atoms with van der Waals surface area (Å²) in [6.45, 7) is 0. The predicted octanol–water partition coefficient (Wildman–Crippen LogP) is 13.6. The predicted molar refractivity (Wildman–Crippen MR) is 242 cm³/mol. The van der Waals surface area contributed by atoms with Gasteiger partial charge in [0, 0.05) is 44.4 Å². The SMILES string of the molecule is C1=Cc2cc3[nH]c(c(-c4ccccc4)c4nc(cc5ccc(cc1n2)[nH]5)C(c1ccccc1)=C4c1ccccc1)c(-c1ccccc1)c3-c1cccc2ccccc12. The number of H-pyrrole nitrogens is 2. The van der Waals surface area contributed by atoms with Crippen LogP contribution in [0.25, 0.3) is 89.5 Å². The standard InChI is InChI=1S/C54H36N4/c1-5-17-36(18-6-1)48-46-33-42-30-28-40(55-42)32-41-29-31-43(56-41)34-47-52(45-27-15-25-35-16-13-14-26-44(35)45)50(38-21-9-3-10-22-38)54(58-47)51(39-23-11-4-12-24-39)53(57-46)49(48)37-19-7-2-8-20-37/h1-34,55,58H. The van der Waals surface area contributed by atoms with Crippen molar-refractivity contribution in [3.8, 4) is 33.4 Å². The first-order valence-corrected chi connectivity index (χ1v) is 19.7. The number of hydrogen-bond donors (Lipinski definition) is 2. The van der Waals surface area contributed by atoms with Gasteiger partial charge in [0.25, 0.3) is 0 Å². The van der Waals surface area contributed by atoms with Crippen molar-refractivity contribution in [1.29, 1.82) is 0 Å². The lowest BCUT2D eigenvalue weighted by molar-refractivity contribution is 1.30. The van der Waals surface area contributed by atoms with Gasteiger partial charge in [-0.15, -0.1) is 0 Å². The molecular weight excluding hydrogens is 705 g/mol. The van der Waals surface area contributed by atoms with E-state index in [1.54, 1.807) is 0 Å². The molecule has 11 rings (SSSR count). The summed E-state index contributed by atoms with van der Waals surface area (Å²) in [6.07, 6.45) is 4.18. The second-order valence-electron chi connectivity index (χ2n) is 14.7. The minimum absolute atomic E-state index is 0.872. The molecule has 0 saturated carbocycles. The Morgan fingerprint density at radius 3 is 1.62 bits per heavy atom. The molecule has 2 aliphatic rings. The second-order valence-corrected chi connectivity index (χ2v) is 14.7. The Balaban J connectivity index is 1.42. The van der Waals surface area contributed by atoms with Crippen LogP contribution >= 0.6 is 0 Å². The summed E-state index contributed by atoms with van der Waals surface area (Å²) in [5.41, 5.74) is 18.3. The van der Waals surface area contributed by atoms with Crippen LogP contribution < -0.4 is 0 Å². The summed E-state index contributed by atoms with van der Waals surface area (Å²) in [4.78, 5) is 18.6. The first-order valence-electron chi connectivity index (χ1n) is 19.7. The van der Waals surface area contributed by atoms with Gasteiger partial charge in [0.05, 0.1) is 28.3 Å². The van der Waals surface area contributed by atoms with Gasteiger partial charge in [-0.05, 0) is 81.1 Å². The molecule has 4 nitrogen and oxygen atoms in total. The van der Waals surface area contributed by atoms with Crippen molar-refractivity contribution in [3.63, 3.8) is 0 Å². The van der Waals surface area contributed by atoms with Crippen LogP contribution in [0, 0.1) is 0 Å². The molecule has 8 bridgehead atoms. The van der Waals surface area contributed by atoms with E-state index in [0.29, 0.717) is 0 Å². The third-order valence-electron chi connectivity index (χ3n) is 11.1. The van der Waals surface area contributed by atoms with E-state index in [2.05, 4.69) is 216 Å². The fraction of sp³-hybridized carbons (Fsp3) is 0. The summed E-state index contributed by atoms with van der Waals surface area (Å²) in [6, 6.07) is 68.9. The van der Waals surface area contributed by atoms with Gasteiger partial charge in [-0.3, -0.25) is 0 Å². The van der Waals surface area contributed by atoms with Crippen LogP contribution in [-0.4, -0.2) is 19.9 Å². The third-order valence-corrected chi connectivity index (χ3v) is 11.1. The number of nitrogens with one attached hydrogen (secondary N) is 2. The largest absolute Gasteiger partial charge is 0.355 e. The van der Waals surface area contributed by atoms with Crippen molar-refractivity contribution in [1.82, 2.24) is 19.9 Å². The maximum absolute atomic E-state index is 5.75. The molecule has 272 valence electrons. The monoisotopic (exact) mass is 740 g/mol. The lowest BCUT2D eigenvalue weighted by atomic mass is 9.87. The molecule has 6 aromatic carbocycles. The van der Waals surface area contributed by atoms with Crippen molar-refractivity contribution >= 4 is 56.1 Å². The molecule has 2 N–H and O–H groups in total. The van der Waals surface area contributed by atoms with E-state index in [1.807, 2.05) is 0 Å². The average Bonchev–Trinajstić information content (AvgIpc) is 4.08. The van der Waals surface area contributed by atoms with Crippen LogP contribution in [0.1, 0.15) is 33.9 Å². The van der Waals surface area contributed by atoms with Crippen molar-refractivity contribution in [2.45, 2.75) is 0 Å². The molecule has 0 saturated heterocycles. The van der Waals surface area contributed by atoms with Crippen molar-refractivity contribution in [2.75, 3.05) is 0 Å². The molecule has 0 atom stereocenters. The Kier molecular flexibility index (Phi) is 8.11. The number of fused-ring (bicyclic) bond motifs is 9. The molecule has 9 aromatic rings. The highest BCUT2D eigenvalue weighted by Gasteiger charge is 2.29. The highest BCUT2D eigenvalue weighted by atomic mass is 14.8. The molecule has 0 unspecified atom stereocenters. The number of aromatic amines is 2. The molecule has 4 heteroatoms. The van der Waals surface area contributed by atoms with Crippen LogP contribution in [-0.2, 0) is 0 Å². The Labute approximate surface area is 336 Å². The molecule has 58 heavy (non-hydrogen) atoms. The van der Waals surface area contributed by atoms with E-state index in [9.17, 15) is 0 Å². The molecule has 0 amide bonds. The number of hydrogen-bond acceptors (Lipinski definition) is 2. The lowest BCUT2D eigenvalue weighted by Crippen LogP contribution is -1.94. The van der Waals surface area contributed by atoms with Crippen LogP contribution in [0.2, 0.25) is 0 Å². The number of aromatic nitrogens is 4. The zero-order valence-corrected chi connectivity index (χ0v) is 31.5. The summed E-state index contributed by atoms with van der Waals surface area (Å²) >= 11 is 0. The molecule has 0 radical (unpaired) electrons. The smallest absolute Gasteiger partial charge is 0.0822 e. The molecule has 0 aliphatic carbocycles. The van der Waals surface area contributed by atoms with Crippen molar-refractivity contribution in [3.05, 3.63) is 228 Å². The zero-order chi connectivity index (χ0) is 38.4. The van der Waals surface area contributed by atoms with Crippen molar-refractivity contribution in [2.24, 2.45) is 0 Å². The normalized spacial score (nSPS) is 12.3. The molecule has 2 aliphatic heterocycles. The summed E-state index contributed by atoms with van der Waals surface area (Å²) in [5.74, 6) is 0. The molecule has 5 heterocycles. The topological polar surface area (TPSA) is 57.4 Å². The van der Waals surface area contributed by atoms with Crippen molar-refractivity contribution < 1.29 is 0 Å². The number of nitrogens with zero attached hydrogens (tertiary/aromatic N) is 2. The lowest BCUT2D eigenvalue weighted by Gasteiger charge is -2.14. The summed E-state index contributed by atoms with van der Waals surface area (Å²) in [5, 5.41) is 2.37. The second kappa shape index (κ2) is 14.0. The summed E-state index contributed by atoms with van der Waals surface area (Å²) < 4.78 is 0. The maximum atomic E-state index is 5.75. The average molecular weight is 741 g/mol. The Hall–Kier alpha value is -7.82. The highest BCUT2D eigenvalue weighted by Crippen LogP contribution is 2.49. The molecular formula is C54H36N4. The van der Waals surface area contributed by atoms with E-state index in [4.69, 9.17) is 9.97 Å². The Bertz CT molecular complexity index is 3240. The first-order chi connectivity index (χ1) is 28.7. The highest BCUT2D eigenvalue weighted by molar-refractivity contribution is 6.16. The van der Waals surface area contributed by atoms with E-state index in [-0.39, 0.29) is 0 Å². The summed E-state index contributed by atoms with van der Waals surface area (Å²) in [7, 11) is 0. The van der Waals surface area contributed by atoms with Gasteiger partial charge in [0.15, 0.2) is 0 Å². The van der Waals surface area contributed by atoms with Gasteiger partial charge in [-0.2, -0.15) is 0 Å². The van der Waals surface area contributed by atoms with Gasteiger partial charge in [-0.25, -0.2) is 9.97 Å². The van der Waals surface area contributed by atoms with Gasteiger partial charge in [0.1, 0.15) is 0 Å². The Morgan fingerprint density at radius 1 is 0.379 bits per heavy atom. The van der Waals surface area contributed by atoms with E-state index < -0.39 is 0 Å². The maximum Gasteiger partial charge on any atom is 0.0822 e. The number of rotatable bonds is 5. The van der Waals surface area contributed by atoms with E-state index >= 15 is 0 Å². The third kappa shape index (κ3) is 5.87. The van der Waals surface area contributed by atoms with E-state index in [1.165, 1.54) is 10.8 Å². The quantitative estimate of drug-likeness (QED) is 0.185. The molecule has 0 fully saturated rings. The van der Waals surface area contributed by atoms with Gasteiger partial charge < -0.3 is 9.97 Å². The van der Waals surface area contributed by atoms with Crippen LogP contribution in [0.5, 0.6) is 0 Å². The first kappa shape index (κ1) is 33.5. The fourth-order valence-electron chi connectivity index (χ4n) is 8.59.